The van der Waals surface area contributed by atoms with E-state index >= 15 is 0 Å². The van der Waals surface area contributed by atoms with Crippen molar-refractivity contribution < 1.29 is 13.6 Å². The third-order valence-corrected chi connectivity index (χ3v) is 4.46. The number of fused-ring (bicyclic) bond motifs is 1. The minimum Gasteiger partial charge on any atom is -0.408 e. The molecule has 25 heavy (non-hydrogen) atoms. The minimum absolute atomic E-state index is 0.0313. The van der Waals surface area contributed by atoms with Crippen LogP contribution in [0.15, 0.2) is 51.7 Å². The van der Waals surface area contributed by atoms with Crippen LogP contribution in [0.5, 0.6) is 0 Å². The second kappa shape index (κ2) is 5.77. The quantitative estimate of drug-likeness (QED) is 0.769. The van der Waals surface area contributed by atoms with Crippen molar-refractivity contribution >= 4 is 22.8 Å². The van der Waals surface area contributed by atoms with Gasteiger partial charge in [0, 0.05) is 30.8 Å². The van der Waals surface area contributed by atoms with Crippen LogP contribution in [0.2, 0.25) is 0 Å². The fraction of sp³-hybridized carbons (Fsp3) is 0.222. The van der Waals surface area contributed by atoms with Gasteiger partial charge in [-0.1, -0.05) is 12.1 Å². The Hall–Kier alpha value is -3.09. The van der Waals surface area contributed by atoms with Crippen molar-refractivity contribution in [1.29, 1.82) is 0 Å². The van der Waals surface area contributed by atoms with E-state index in [0.717, 1.165) is 12.0 Å². The Morgan fingerprint density at radius 2 is 2.00 bits per heavy atom. The molecule has 1 aliphatic carbocycles. The predicted molar refractivity (Wildman–Crippen MR) is 91.2 cm³/mol. The molecular formula is C18H16FN3O3. The molecule has 1 aliphatic rings. The summed E-state index contributed by atoms with van der Waals surface area (Å²) >= 11 is 0. The summed E-state index contributed by atoms with van der Waals surface area (Å²) < 4.78 is 19.5. The number of hydrogen-bond donors (Lipinski definition) is 2. The molecule has 0 saturated heterocycles. The van der Waals surface area contributed by atoms with Crippen LogP contribution in [0.25, 0.3) is 11.1 Å². The molecule has 0 bridgehead atoms. The van der Waals surface area contributed by atoms with Crippen molar-refractivity contribution in [2.45, 2.75) is 18.4 Å². The van der Waals surface area contributed by atoms with Crippen LogP contribution < -0.4 is 16.4 Å². The Kier molecular flexibility index (Phi) is 3.56. The molecule has 1 aromatic heterocycles. The number of oxazole rings is 1. The molecule has 4 rings (SSSR count). The maximum atomic E-state index is 12.9. The van der Waals surface area contributed by atoms with Gasteiger partial charge in [-0.05, 0) is 36.2 Å². The second-order valence-corrected chi connectivity index (χ2v) is 6.21. The van der Waals surface area contributed by atoms with E-state index in [-0.39, 0.29) is 23.8 Å². The van der Waals surface area contributed by atoms with Gasteiger partial charge < -0.3 is 15.1 Å². The topological polar surface area (TPSA) is 76.3 Å². The maximum Gasteiger partial charge on any atom is 0.419 e. The van der Waals surface area contributed by atoms with Gasteiger partial charge in [-0.2, -0.15) is 0 Å². The van der Waals surface area contributed by atoms with E-state index in [9.17, 15) is 14.0 Å². The lowest BCUT2D eigenvalue weighted by Gasteiger charge is -2.07. The number of aryl methyl sites for hydroxylation is 1. The summed E-state index contributed by atoms with van der Waals surface area (Å²) in [5.41, 5.74) is 2.63. The number of benzene rings is 2. The van der Waals surface area contributed by atoms with Crippen molar-refractivity contribution in [3.63, 3.8) is 0 Å². The van der Waals surface area contributed by atoms with Crippen LogP contribution in [-0.4, -0.2) is 16.6 Å². The zero-order chi connectivity index (χ0) is 17.6. The highest BCUT2D eigenvalue weighted by Crippen LogP contribution is 2.40. The molecule has 2 aromatic carbocycles. The highest BCUT2D eigenvalue weighted by Gasteiger charge is 2.39. The lowest BCUT2D eigenvalue weighted by Crippen LogP contribution is -2.31. The monoisotopic (exact) mass is 341 g/mol. The number of amides is 2. The molecule has 1 saturated carbocycles. The van der Waals surface area contributed by atoms with Gasteiger partial charge in [-0.15, -0.1) is 0 Å². The van der Waals surface area contributed by atoms with Crippen LogP contribution in [-0.2, 0) is 7.05 Å². The van der Waals surface area contributed by atoms with Crippen molar-refractivity contribution in [3.8, 4) is 0 Å². The SMILES string of the molecule is Cn1c(=O)oc2cc(NC(=O)N[C@@H]3C[C@H]3c3ccc(F)cc3)ccc21. The van der Waals surface area contributed by atoms with Crippen molar-refractivity contribution in [2.24, 2.45) is 7.05 Å². The number of nitrogens with zero attached hydrogens (tertiary/aromatic N) is 1. The standard InChI is InChI=1S/C18H16FN3O3/c1-22-15-7-6-12(8-16(15)25-18(22)24)20-17(23)21-14-9-13(14)10-2-4-11(19)5-3-10/h2-8,13-14H,9H2,1H3,(H2,20,21,23)/t13-,14+/m0/s1. The van der Waals surface area contributed by atoms with Crippen LogP contribution in [0.3, 0.4) is 0 Å². The Morgan fingerprint density at radius 1 is 1.24 bits per heavy atom. The molecule has 6 nitrogen and oxygen atoms in total. The van der Waals surface area contributed by atoms with Gasteiger partial charge in [0.25, 0.3) is 0 Å². The molecule has 0 spiro atoms. The highest BCUT2D eigenvalue weighted by molar-refractivity contribution is 5.92. The summed E-state index contributed by atoms with van der Waals surface area (Å²) in [6.07, 6.45) is 0.825. The summed E-state index contributed by atoms with van der Waals surface area (Å²) in [7, 11) is 1.62. The molecule has 0 radical (unpaired) electrons. The summed E-state index contributed by atoms with van der Waals surface area (Å²) in [5.74, 6) is -0.507. The Morgan fingerprint density at radius 3 is 2.76 bits per heavy atom. The van der Waals surface area contributed by atoms with Crippen LogP contribution in [0, 0.1) is 5.82 Å². The van der Waals surface area contributed by atoms with Gasteiger partial charge >= 0.3 is 11.8 Å². The molecule has 0 unspecified atom stereocenters. The number of hydrogen-bond acceptors (Lipinski definition) is 3. The number of nitrogens with one attached hydrogen (secondary N) is 2. The largest absolute Gasteiger partial charge is 0.419 e. The third kappa shape index (κ3) is 3.00. The van der Waals surface area contributed by atoms with Gasteiger partial charge in [-0.3, -0.25) is 4.57 Å². The number of rotatable bonds is 3. The van der Waals surface area contributed by atoms with Crippen molar-refractivity contribution in [2.75, 3.05) is 5.32 Å². The Balaban J connectivity index is 1.40. The van der Waals surface area contributed by atoms with Crippen molar-refractivity contribution in [3.05, 3.63) is 64.4 Å². The maximum absolute atomic E-state index is 12.9. The first kappa shape index (κ1) is 15.4. The number of halogens is 1. The normalized spacial score (nSPS) is 19.0. The van der Waals surface area contributed by atoms with Gasteiger partial charge in [0.15, 0.2) is 5.58 Å². The van der Waals surface area contributed by atoms with E-state index in [1.807, 2.05) is 0 Å². The fourth-order valence-corrected chi connectivity index (χ4v) is 2.98. The number of carbonyl (C=O) groups excluding carboxylic acids is 1. The number of aromatic nitrogens is 1. The molecule has 0 aliphatic heterocycles. The number of carbonyl (C=O) groups is 1. The first-order chi connectivity index (χ1) is 12.0. The first-order valence-corrected chi connectivity index (χ1v) is 7.94. The van der Waals surface area contributed by atoms with Crippen LogP contribution in [0.1, 0.15) is 17.9 Å². The molecule has 7 heteroatoms. The smallest absolute Gasteiger partial charge is 0.408 e. The average Bonchev–Trinajstić information content (AvgIpc) is 3.27. The summed E-state index contributed by atoms with van der Waals surface area (Å²) in [4.78, 5) is 23.6. The third-order valence-electron chi connectivity index (χ3n) is 4.46. The predicted octanol–water partition coefficient (Wildman–Crippen LogP) is 2.95. The lowest BCUT2D eigenvalue weighted by atomic mass is 10.1. The van der Waals surface area contributed by atoms with Gasteiger partial charge in [0.1, 0.15) is 5.82 Å². The zero-order valence-electron chi connectivity index (χ0n) is 13.5. The van der Waals surface area contributed by atoms with Crippen LogP contribution in [0.4, 0.5) is 14.9 Å². The molecule has 3 aromatic rings. The van der Waals surface area contributed by atoms with Gasteiger partial charge in [0.05, 0.1) is 5.52 Å². The van der Waals surface area contributed by atoms with Gasteiger partial charge in [-0.25, -0.2) is 14.0 Å². The van der Waals surface area contributed by atoms with Crippen LogP contribution >= 0.6 is 0 Å². The van der Waals surface area contributed by atoms with E-state index < -0.39 is 5.76 Å². The molecule has 2 amide bonds. The van der Waals surface area contributed by atoms with E-state index in [2.05, 4.69) is 10.6 Å². The number of urea groups is 1. The second-order valence-electron chi connectivity index (χ2n) is 6.21. The van der Waals surface area contributed by atoms with Crippen molar-refractivity contribution in [1.82, 2.24) is 9.88 Å². The average molecular weight is 341 g/mol. The Labute approximate surface area is 142 Å². The van der Waals surface area contributed by atoms with Gasteiger partial charge in [0.2, 0.25) is 0 Å². The molecule has 2 N–H and O–H groups in total. The summed E-state index contributed by atoms with van der Waals surface area (Å²) in [5, 5.41) is 5.62. The molecule has 128 valence electrons. The lowest BCUT2D eigenvalue weighted by molar-refractivity contribution is 0.251. The Bertz CT molecular complexity index is 1010. The van der Waals surface area contributed by atoms with E-state index in [1.54, 1.807) is 37.4 Å². The van der Waals surface area contributed by atoms with E-state index in [1.165, 1.54) is 16.7 Å². The van der Waals surface area contributed by atoms with E-state index in [0.29, 0.717) is 16.8 Å². The molecule has 1 fully saturated rings. The summed E-state index contributed by atoms with van der Waals surface area (Å²) in [6, 6.07) is 11.1. The first-order valence-electron chi connectivity index (χ1n) is 7.94. The molecule has 2 atom stereocenters. The zero-order valence-corrected chi connectivity index (χ0v) is 13.5. The summed E-state index contributed by atoms with van der Waals surface area (Å²) in [6.45, 7) is 0. The minimum atomic E-state index is -0.447. The highest BCUT2D eigenvalue weighted by atomic mass is 19.1. The number of anilines is 1. The molecular weight excluding hydrogens is 325 g/mol. The fourth-order valence-electron chi connectivity index (χ4n) is 2.98. The van der Waals surface area contributed by atoms with E-state index in [4.69, 9.17) is 4.42 Å². The molecule has 1 heterocycles.